The monoisotopic (exact) mass is 1050 g/mol. The molecule has 0 amide bonds. The third-order valence-corrected chi connectivity index (χ3v) is 12.9. The molecule has 0 aliphatic rings. The Kier molecular flexibility index (Phi) is 59.4. The van der Waals surface area contributed by atoms with Crippen LogP contribution in [0, 0.1) is 0 Å². The molecule has 0 saturated heterocycles. The van der Waals surface area contributed by atoms with Crippen LogP contribution in [0.3, 0.4) is 0 Å². The Morgan fingerprint density at radius 3 is 0.803 bits per heavy atom. The Balaban J connectivity index is 4.43. The molecule has 0 spiro atoms. The molecular formula is C70H114O6. The molecule has 0 aromatic heterocycles. The second-order valence-electron chi connectivity index (χ2n) is 20.2. The highest BCUT2D eigenvalue weighted by atomic mass is 16.6. The zero-order valence-corrected chi connectivity index (χ0v) is 49.2. The Morgan fingerprint density at radius 1 is 0.276 bits per heavy atom. The molecule has 6 nitrogen and oxygen atoms in total. The lowest BCUT2D eigenvalue weighted by atomic mass is 10.1. The first-order valence-electron chi connectivity index (χ1n) is 31.2. The lowest BCUT2D eigenvalue weighted by molar-refractivity contribution is -0.167. The average molecular weight is 1050 g/mol. The molecule has 0 saturated carbocycles. The number of ether oxygens (including phenoxy) is 3. The largest absolute Gasteiger partial charge is 0.462 e. The van der Waals surface area contributed by atoms with Gasteiger partial charge in [0.2, 0.25) is 0 Å². The maximum absolute atomic E-state index is 12.9. The van der Waals surface area contributed by atoms with Crippen LogP contribution in [0.2, 0.25) is 0 Å². The number of hydrogen-bond donors (Lipinski definition) is 0. The van der Waals surface area contributed by atoms with Crippen LogP contribution >= 0.6 is 0 Å². The predicted octanol–water partition coefficient (Wildman–Crippen LogP) is 21.4. The summed E-state index contributed by atoms with van der Waals surface area (Å²) in [5, 5.41) is 0. The standard InChI is InChI=1S/C70H114O6/c1-4-7-10-13-16-19-22-25-28-31-32-33-34-35-36-37-38-40-42-45-48-51-54-57-60-63-69(72)75-66-67(65-74-68(71)62-59-56-53-50-47-44-41-30-27-24-21-18-15-12-9-6-3)76-70(73)64-61-58-55-52-49-46-43-39-29-26-23-20-17-14-11-8-5-2/h7-8,10-11,16-17,19-21,24-26,28-30,32-33,35-36,41,43,46,67H,4-6,9,12-15,18,22-23,27,31,34,37-40,42,44-45,47-66H2,1-3H3/b10-7-,11-8-,19-16-,20-17-,24-21-,28-25-,29-26-,33-32-,36-35-,41-30-,46-43-. The highest BCUT2D eigenvalue weighted by Crippen LogP contribution is 2.14. The van der Waals surface area contributed by atoms with Gasteiger partial charge in [-0.1, -0.05) is 251 Å². The lowest BCUT2D eigenvalue weighted by Gasteiger charge is -2.18. The summed E-state index contributed by atoms with van der Waals surface area (Å²) < 4.78 is 16.9. The van der Waals surface area contributed by atoms with E-state index in [9.17, 15) is 14.4 Å². The van der Waals surface area contributed by atoms with Crippen LogP contribution in [-0.2, 0) is 28.6 Å². The van der Waals surface area contributed by atoms with Crippen LogP contribution in [0.4, 0.5) is 0 Å². The van der Waals surface area contributed by atoms with Crippen molar-refractivity contribution < 1.29 is 28.6 Å². The van der Waals surface area contributed by atoms with Gasteiger partial charge < -0.3 is 14.2 Å². The number of esters is 3. The van der Waals surface area contributed by atoms with E-state index in [1.807, 2.05) is 0 Å². The van der Waals surface area contributed by atoms with Crippen molar-refractivity contribution in [2.75, 3.05) is 13.2 Å². The van der Waals surface area contributed by atoms with Gasteiger partial charge in [-0.25, -0.2) is 0 Å². The summed E-state index contributed by atoms with van der Waals surface area (Å²) in [7, 11) is 0. The number of carbonyl (C=O) groups is 3. The fourth-order valence-electron chi connectivity index (χ4n) is 8.25. The molecule has 6 heteroatoms. The van der Waals surface area contributed by atoms with Crippen LogP contribution in [0.15, 0.2) is 134 Å². The molecule has 0 N–H and O–H groups in total. The van der Waals surface area contributed by atoms with Crippen LogP contribution in [0.25, 0.3) is 0 Å². The van der Waals surface area contributed by atoms with Crippen LogP contribution in [0.1, 0.15) is 271 Å². The first kappa shape index (κ1) is 71.5. The average Bonchev–Trinajstić information content (AvgIpc) is 3.42. The summed E-state index contributed by atoms with van der Waals surface area (Å²) in [4.78, 5) is 38.3. The van der Waals surface area contributed by atoms with Gasteiger partial charge in [-0.3, -0.25) is 14.4 Å². The SMILES string of the molecule is CC/C=C\C/C=C\C/C=C\C/C=C\C/C=C\CCCCCCCCCCCC(=O)OCC(COC(=O)CCCCCCC/C=C\C/C=C\CCCCCC)OC(=O)CCCCCC/C=C\C/C=C\C/C=C\C/C=C\CC. The fraction of sp³-hybridized carbons (Fsp3) is 0.643. The summed E-state index contributed by atoms with van der Waals surface area (Å²) in [5.41, 5.74) is 0. The van der Waals surface area contributed by atoms with Gasteiger partial charge in [0.15, 0.2) is 6.10 Å². The number of allylic oxidation sites excluding steroid dienone is 22. The first-order chi connectivity index (χ1) is 37.5. The highest BCUT2D eigenvalue weighted by molar-refractivity contribution is 5.71. The smallest absolute Gasteiger partial charge is 0.306 e. The minimum Gasteiger partial charge on any atom is -0.462 e. The van der Waals surface area contributed by atoms with E-state index in [0.717, 1.165) is 161 Å². The molecule has 0 aliphatic heterocycles. The third kappa shape index (κ3) is 60.4. The molecule has 0 radical (unpaired) electrons. The van der Waals surface area contributed by atoms with E-state index in [4.69, 9.17) is 14.2 Å². The number of hydrogen-bond acceptors (Lipinski definition) is 6. The Bertz CT molecular complexity index is 1630. The topological polar surface area (TPSA) is 78.9 Å². The minimum absolute atomic E-state index is 0.0996. The summed E-state index contributed by atoms with van der Waals surface area (Å²) in [6.45, 7) is 6.36. The third-order valence-electron chi connectivity index (χ3n) is 12.9. The molecule has 0 fully saturated rings. The van der Waals surface area contributed by atoms with E-state index in [-0.39, 0.29) is 31.1 Å². The van der Waals surface area contributed by atoms with Crippen molar-refractivity contribution in [1.82, 2.24) is 0 Å². The quantitative estimate of drug-likeness (QED) is 0.0261. The van der Waals surface area contributed by atoms with Crippen molar-refractivity contribution in [1.29, 1.82) is 0 Å². The molecule has 76 heavy (non-hydrogen) atoms. The van der Waals surface area contributed by atoms with Crippen LogP contribution in [0.5, 0.6) is 0 Å². The molecule has 0 aromatic rings. The van der Waals surface area contributed by atoms with Gasteiger partial charge in [-0.2, -0.15) is 0 Å². The molecule has 0 aliphatic carbocycles. The molecule has 0 rings (SSSR count). The first-order valence-corrected chi connectivity index (χ1v) is 31.2. The van der Waals surface area contributed by atoms with E-state index in [1.165, 1.54) is 70.6 Å². The predicted molar refractivity (Wildman–Crippen MR) is 329 cm³/mol. The Morgan fingerprint density at radius 2 is 0.513 bits per heavy atom. The number of rotatable bonds is 55. The van der Waals surface area contributed by atoms with Crippen molar-refractivity contribution in [2.24, 2.45) is 0 Å². The number of unbranched alkanes of at least 4 members (excludes halogenated alkanes) is 22. The van der Waals surface area contributed by atoms with Gasteiger partial charge >= 0.3 is 17.9 Å². The summed E-state index contributed by atoms with van der Waals surface area (Å²) >= 11 is 0. The molecule has 0 aromatic carbocycles. The van der Waals surface area contributed by atoms with Gasteiger partial charge in [0.05, 0.1) is 0 Å². The lowest BCUT2D eigenvalue weighted by Crippen LogP contribution is -2.30. The molecule has 1 atom stereocenters. The Hall–Kier alpha value is -4.45. The van der Waals surface area contributed by atoms with E-state index in [1.54, 1.807) is 0 Å². The zero-order valence-electron chi connectivity index (χ0n) is 49.2. The van der Waals surface area contributed by atoms with Gasteiger partial charge in [0, 0.05) is 19.3 Å². The van der Waals surface area contributed by atoms with Crippen LogP contribution in [-0.4, -0.2) is 37.2 Å². The highest BCUT2D eigenvalue weighted by Gasteiger charge is 2.19. The van der Waals surface area contributed by atoms with Gasteiger partial charge in [0.1, 0.15) is 13.2 Å². The maximum atomic E-state index is 12.9. The van der Waals surface area contributed by atoms with E-state index in [0.29, 0.717) is 19.3 Å². The van der Waals surface area contributed by atoms with Gasteiger partial charge in [0.25, 0.3) is 0 Å². The van der Waals surface area contributed by atoms with Gasteiger partial charge in [-0.15, -0.1) is 0 Å². The minimum atomic E-state index is -0.806. The van der Waals surface area contributed by atoms with Crippen molar-refractivity contribution in [3.8, 4) is 0 Å². The Labute approximate surface area is 468 Å². The van der Waals surface area contributed by atoms with Gasteiger partial charge in [-0.05, 0) is 135 Å². The van der Waals surface area contributed by atoms with E-state index in [2.05, 4.69) is 154 Å². The molecule has 430 valence electrons. The molecule has 1 unspecified atom stereocenters. The normalized spacial score (nSPS) is 13.0. The fourth-order valence-corrected chi connectivity index (χ4v) is 8.25. The van der Waals surface area contributed by atoms with Crippen molar-refractivity contribution >= 4 is 17.9 Å². The van der Waals surface area contributed by atoms with Crippen molar-refractivity contribution in [2.45, 2.75) is 277 Å². The zero-order chi connectivity index (χ0) is 55.0. The second-order valence-corrected chi connectivity index (χ2v) is 20.2. The molecule has 0 heterocycles. The summed E-state index contributed by atoms with van der Waals surface area (Å²) in [6, 6.07) is 0. The van der Waals surface area contributed by atoms with Crippen LogP contribution < -0.4 is 0 Å². The van der Waals surface area contributed by atoms with Crippen molar-refractivity contribution in [3.05, 3.63) is 134 Å². The number of carbonyl (C=O) groups excluding carboxylic acids is 3. The van der Waals surface area contributed by atoms with E-state index >= 15 is 0 Å². The molecule has 0 bridgehead atoms. The summed E-state index contributed by atoms with van der Waals surface area (Å²) in [5.74, 6) is -0.942. The van der Waals surface area contributed by atoms with Crippen molar-refractivity contribution in [3.63, 3.8) is 0 Å². The van der Waals surface area contributed by atoms with E-state index < -0.39 is 6.10 Å². The second kappa shape index (κ2) is 63.1. The molecular weight excluding hydrogens is 937 g/mol. The maximum Gasteiger partial charge on any atom is 0.306 e. The summed E-state index contributed by atoms with van der Waals surface area (Å²) in [6.07, 6.45) is 88.7.